The molecule has 3 rings (SSSR count). The summed E-state index contributed by atoms with van der Waals surface area (Å²) in [5.41, 5.74) is 1.27. The van der Waals surface area contributed by atoms with Crippen LogP contribution >= 0.6 is 23.2 Å². The molecular formula is C18H15Cl2NO4. The van der Waals surface area contributed by atoms with Crippen LogP contribution in [-0.2, 0) is 13.1 Å². The summed E-state index contributed by atoms with van der Waals surface area (Å²) in [7, 11) is 1.88. The Morgan fingerprint density at radius 3 is 2.40 bits per heavy atom. The molecule has 2 aromatic carbocycles. The molecule has 0 radical (unpaired) electrons. The molecule has 0 amide bonds. The number of phenolic OH excluding ortho intramolecular Hbond substituents is 2. The van der Waals surface area contributed by atoms with Gasteiger partial charge in [-0.1, -0.05) is 29.3 Å². The van der Waals surface area contributed by atoms with Crippen LogP contribution in [0.15, 0.2) is 45.6 Å². The van der Waals surface area contributed by atoms with Gasteiger partial charge in [0, 0.05) is 40.7 Å². The van der Waals surface area contributed by atoms with Gasteiger partial charge in [0.05, 0.1) is 0 Å². The Labute approximate surface area is 153 Å². The molecular weight excluding hydrogens is 365 g/mol. The van der Waals surface area contributed by atoms with Crippen LogP contribution in [0.2, 0.25) is 10.0 Å². The maximum atomic E-state index is 11.8. The molecule has 0 atom stereocenters. The highest BCUT2D eigenvalue weighted by atomic mass is 35.5. The highest BCUT2D eigenvalue weighted by molar-refractivity contribution is 6.35. The van der Waals surface area contributed by atoms with Crippen molar-refractivity contribution in [1.82, 2.24) is 4.90 Å². The molecule has 5 nitrogen and oxygen atoms in total. The van der Waals surface area contributed by atoms with E-state index in [2.05, 4.69) is 0 Å². The number of halogens is 2. The number of hydrogen-bond donors (Lipinski definition) is 2. The first kappa shape index (κ1) is 17.6. The molecule has 1 aromatic heterocycles. The van der Waals surface area contributed by atoms with Crippen molar-refractivity contribution < 1.29 is 14.6 Å². The molecule has 1 heterocycles. The van der Waals surface area contributed by atoms with Gasteiger partial charge in [0.25, 0.3) is 0 Å². The molecule has 130 valence electrons. The minimum absolute atomic E-state index is 0.218. The van der Waals surface area contributed by atoms with E-state index in [0.717, 1.165) is 5.56 Å². The summed E-state index contributed by atoms with van der Waals surface area (Å²) >= 11 is 12.1. The second kappa shape index (κ2) is 6.96. The van der Waals surface area contributed by atoms with Gasteiger partial charge in [-0.15, -0.1) is 0 Å². The Balaban J connectivity index is 1.91. The van der Waals surface area contributed by atoms with Gasteiger partial charge in [0.2, 0.25) is 0 Å². The zero-order chi connectivity index (χ0) is 18.1. The molecule has 0 aliphatic carbocycles. The fourth-order valence-corrected chi connectivity index (χ4v) is 3.14. The Morgan fingerprint density at radius 2 is 1.68 bits per heavy atom. The van der Waals surface area contributed by atoms with Gasteiger partial charge in [-0.05, 0) is 36.4 Å². The number of rotatable bonds is 4. The van der Waals surface area contributed by atoms with E-state index >= 15 is 0 Å². The standard InChI is InChI=1S/C18H15Cl2NO4/c1-21(8-10-2-3-12(19)5-14(10)20)9-11-4-18(24)25-17-7-16(23)15(22)6-13(11)17/h2-7,22-23H,8-9H2,1H3. The molecule has 0 aliphatic heterocycles. The first-order chi connectivity index (χ1) is 11.8. The predicted molar refractivity (Wildman–Crippen MR) is 97.4 cm³/mol. The lowest BCUT2D eigenvalue weighted by atomic mass is 10.1. The predicted octanol–water partition coefficient (Wildman–Crippen LogP) is 4.14. The number of fused-ring (bicyclic) bond motifs is 1. The Bertz CT molecular complexity index is 1000. The molecule has 0 unspecified atom stereocenters. The van der Waals surface area contributed by atoms with Crippen molar-refractivity contribution >= 4 is 34.2 Å². The van der Waals surface area contributed by atoms with Crippen LogP contribution in [0.25, 0.3) is 11.0 Å². The molecule has 7 heteroatoms. The Hall–Kier alpha value is -2.21. The zero-order valence-corrected chi connectivity index (χ0v) is 14.8. The van der Waals surface area contributed by atoms with Crippen molar-refractivity contribution in [3.05, 3.63) is 68.0 Å². The summed E-state index contributed by atoms with van der Waals surface area (Å²) in [6, 6.07) is 9.28. The van der Waals surface area contributed by atoms with Crippen LogP contribution in [0, 0.1) is 0 Å². The molecule has 3 aromatic rings. The summed E-state index contributed by atoms with van der Waals surface area (Å²) in [5, 5.41) is 21.0. The topological polar surface area (TPSA) is 73.9 Å². The van der Waals surface area contributed by atoms with Crippen LogP contribution in [0.3, 0.4) is 0 Å². The van der Waals surface area contributed by atoms with Crippen molar-refractivity contribution in [3.8, 4) is 11.5 Å². The van der Waals surface area contributed by atoms with Crippen molar-refractivity contribution in [3.63, 3.8) is 0 Å². The van der Waals surface area contributed by atoms with Crippen LogP contribution < -0.4 is 5.63 Å². The molecule has 2 N–H and O–H groups in total. The van der Waals surface area contributed by atoms with Gasteiger partial charge < -0.3 is 14.6 Å². The van der Waals surface area contributed by atoms with Gasteiger partial charge in [0.15, 0.2) is 11.5 Å². The normalized spacial score (nSPS) is 11.4. The van der Waals surface area contributed by atoms with Crippen molar-refractivity contribution in [2.45, 2.75) is 13.1 Å². The Morgan fingerprint density at radius 1 is 1.00 bits per heavy atom. The first-order valence-electron chi connectivity index (χ1n) is 7.44. The summed E-state index contributed by atoms with van der Waals surface area (Å²) in [4.78, 5) is 13.7. The smallest absolute Gasteiger partial charge is 0.336 e. The quantitative estimate of drug-likeness (QED) is 0.526. The SMILES string of the molecule is CN(Cc1ccc(Cl)cc1Cl)Cc1cc(=O)oc2cc(O)c(O)cc12. The molecule has 25 heavy (non-hydrogen) atoms. The lowest BCUT2D eigenvalue weighted by Crippen LogP contribution is -2.18. The number of phenols is 2. The number of nitrogens with zero attached hydrogens (tertiary/aromatic N) is 1. The lowest BCUT2D eigenvalue weighted by molar-refractivity contribution is 0.319. The highest BCUT2D eigenvalue weighted by Crippen LogP contribution is 2.31. The van der Waals surface area contributed by atoms with E-state index in [1.165, 1.54) is 18.2 Å². The Kier molecular flexibility index (Phi) is 4.90. The molecule has 0 spiro atoms. The maximum Gasteiger partial charge on any atom is 0.336 e. The highest BCUT2D eigenvalue weighted by Gasteiger charge is 2.13. The maximum absolute atomic E-state index is 11.8. The summed E-state index contributed by atoms with van der Waals surface area (Å²) in [6.45, 7) is 0.965. The van der Waals surface area contributed by atoms with E-state index < -0.39 is 5.63 Å². The van der Waals surface area contributed by atoms with Gasteiger partial charge >= 0.3 is 5.63 Å². The van der Waals surface area contributed by atoms with Gasteiger partial charge in [0.1, 0.15) is 5.58 Å². The largest absolute Gasteiger partial charge is 0.504 e. The minimum atomic E-state index is -0.523. The van der Waals surface area contributed by atoms with Crippen LogP contribution in [0.1, 0.15) is 11.1 Å². The third-order valence-corrected chi connectivity index (χ3v) is 4.41. The second-order valence-electron chi connectivity index (χ2n) is 5.84. The van der Waals surface area contributed by atoms with Crippen molar-refractivity contribution in [2.75, 3.05) is 7.05 Å². The molecule has 0 aliphatic rings. The monoisotopic (exact) mass is 379 g/mol. The molecule has 0 bridgehead atoms. The molecule has 0 saturated heterocycles. The molecule has 0 saturated carbocycles. The number of hydrogen-bond acceptors (Lipinski definition) is 5. The van der Waals surface area contributed by atoms with Gasteiger partial charge in [-0.2, -0.15) is 0 Å². The van der Waals surface area contributed by atoms with Crippen LogP contribution in [0.5, 0.6) is 11.5 Å². The van der Waals surface area contributed by atoms with Crippen molar-refractivity contribution in [2.24, 2.45) is 0 Å². The van der Waals surface area contributed by atoms with E-state index in [9.17, 15) is 15.0 Å². The van der Waals surface area contributed by atoms with Crippen LogP contribution in [0.4, 0.5) is 0 Å². The molecule has 0 fully saturated rings. The zero-order valence-electron chi connectivity index (χ0n) is 13.3. The lowest BCUT2D eigenvalue weighted by Gasteiger charge is -2.18. The van der Waals surface area contributed by atoms with E-state index in [4.69, 9.17) is 27.6 Å². The summed E-state index contributed by atoms with van der Waals surface area (Å²) in [6.07, 6.45) is 0. The fourth-order valence-electron chi connectivity index (χ4n) is 2.67. The minimum Gasteiger partial charge on any atom is -0.504 e. The first-order valence-corrected chi connectivity index (χ1v) is 8.20. The second-order valence-corrected chi connectivity index (χ2v) is 6.68. The van der Waals surface area contributed by atoms with Crippen molar-refractivity contribution in [1.29, 1.82) is 0 Å². The van der Waals surface area contributed by atoms with Gasteiger partial charge in [-0.3, -0.25) is 4.90 Å². The average Bonchev–Trinajstić information content (AvgIpc) is 2.52. The summed E-state index contributed by atoms with van der Waals surface area (Å²) in [5.74, 6) is -0.611. The number of benzene rings is 2. The van der Waals surface area contributed by atoms with E-state index in [-0.39, 0.29) is 17.1 Å². The van der Waals surface area contributed by atoms with Crippen LogP contribution in [-0.4, -0.2) is 22.2 Å². The fraction of sp³-hybridized carbons (Fsp3) is 0.167. The van der Waals surface area contributed by atoms with E-state index in [1.54, 1.807) is 12.1 Å². The average molecular weight is 380 g/mol. The van der Waals surface area contributed by atoms with Gasteiger partial charge in [-0.25, -0.2) is 4.79 Å². The number of aromatic hydroxyl groups is 2. The summed E-state index contributed by atoms with van der Waals surface area (Å²) < 4.78 is 5.09. The third-order valence-electron chi connectivity index (χ3n) is 3.82. The van der Waals surface area contributed by atoms with E-state index in [1.807, 2.05) is 18.0 Å². The third kappa shape index (κ3) is 3.90. The van der Waals surface area contributed by atoms with E-state index in [0.29, 0.717) is 34.1 Å².